The fourth-order valence-corrected chi connectivity index (χ4v) is 3.49. The molecular formula is C15H17ClN4O. The van der Waals surface area contributed by atoms with Crippen LogP contribution in [0.4, 0.5) is 11.4 Å². The zero-order chi connectivity index (χ0) is 14.4. The molecule has 1 N–H and O–H groups in total. The van der Waals surface area contributed by atoms with Gasteiger partial charge in [0.25, 0.3) is 0 Å². The van der Waals surface area contributed by atoms with Crippen LogP contribution in [0, 0.1) is 0 Å². The average molecular weight is 305 g/mol. The second-order valence-electron chi connectivity index (χ2n) is 5.81. The number of benzene rings is 1. The molecule has 6 heteroatoms. The van der Waals surface area contributed by atoms with Crippen LogP contribution >= 0.6 is 11.6 Å². The molecule has 0 atom stereocenters. The van der Waals surface area contributed by atoms with E-state index < -0.39 is 0 Å². The number of halogens is 1. The highest BCUT2D eigenvalue weighted by molar-refractivity contribution is 6.32. The molecule has 4 rings (SSSR count). The molecule has 1 amide bonds. The van der Waals surface area contributed by atoms with E-state index in [9.17, 15) is 4.79 Å². The molecule has 5 nitrogen and oxygen atoms in total. The Bertz CT molecular complexity index is 637. The summed E-state index contributed by atoms with van der Waals surface area (Å²) in [5.41, 5.74) is 3.04. The summed E-state index contributed by atoms with van der Waals surface area (Å²) < 4.78 is 0. The van der Waals surface area contributed by atoms with Crippen molar-refractivity contribution in [3.05, 3.63) is 22.7 Å². The first-order valence-electron chi connectivity index (χ1n) is 7.41. The maximum Gasteiger partial charge on any atom is 0.246 e. The van der Waals surface area contributed by atoms with Gasteiger partial charge >= 0.3 is 0 Å². The third-order valence-electron chi connectivity index (χ3n) is 4.34. The van der Waals surface area contributed by atoms with Crippen molar-refractivity contribution in [2.45, 2.75) is 25.8 Å². The van der Waals surface area contributed by atoms with Crippen molar-refractivity contribution in [3.8, 4) is 0 Å². The quantitative estimate of drug-likeness (QED) is 0.866. The van der Waals surface area contributed by atoms with Crippen molar-refractivity contribution in [2.24, 2.45) is 4.99 Å². The highest BCUT2D eigenvalue weighted by Gasteiger charge is 2.30. The molecule has 21 heavy (non-hydrogen) atoms. The molecule has 0 radical (unpaired) electrons. The van der Waals surface area contributed by atoms with Gasteiger partial charge in [-0.1, -0.05) is 11.6 Å². The van der Waals surface area contributed by atoms with Gasteiger partial charge in [-0.05, 0) is 31.4 Å². The van der Waals surface area contributed by atoms with Crippen molar-refractivity contribution < 1.29 is 4.79 Å². The van der Waals surface area contributed by atoms with E-state index >= 15 is 0 Å². The van der Waals surface area contributed by atoms with Crippen molar-refractivity contribution >= 4 is 34.8 Å². The fourth-order valence-electron chi connectivity index (χ4n) is 3.23. The van der Waals surface area contributed by atoms with Gasteiger partial charge in [-0.3, -0.25) is 10.1 Å². The SMILES string of the molecule is O=C1CN2Cc3c(Cl)cc(N4CCCCC4)cc3N=C2N1. The number of nitrogens with one attached hydrogen (secondary N) is 1. The van der Waals surface area contributed by atoms with Crippen LogP contribution < -0.4 is 10.2 Å². The summed E-state index contributed by atoms with van der Waals surface area (Å²) in [4.78, 5) is 20.4. The monoisotopic (exact) mass is 304 g/mol. The number of hydrogen-bond donors (Lipinski definition) is 1. The molecule has 0 bridgehead atoms. The number of amides is 1. The first-order chi connectivity index (χ1) is 10.2. The van der Waals surface area contributed by atoms with Crippen LogP contribution in [0.1, 0.15) is 24.8 Å². The maximum atomic E-state index is 11.5. The molecule has 0 aliphatic carbocycles. The van der Waals surface area contributed by atoms with E-state index in [1.54, 1.807) is 0 Å². The van der Waals surface area contributed by atoms with Crippen molar-refractivity contribution in [1.29, 1.82) is 0 Å². The Hall–Kier alpha value is -1.75. The first kappa shape index (κ1) is 13.0. The average Bonchev–Trinajstić information content (AvgIpc) is 2.85. The number of nitrogens with zero attached hydrogens (tertiary/aromatic N) is 3. The molecule has 2 fully saturated rings. The third-order valence-corrected chi connectivity index (χ3v) is 4.68. The predicted molar refractivity (Wildman–Crippen MR) is 83.2 cm³/mol. The van der Waals surface area contributed by atoms with E-state index in [-0.39, 0.29) is 5.91 Å². The number of aliphatic imine (C=N–C) groups is 1. The number of carbonyl (C=O) groups excluding carboxylic acids is 1. The van der Waals surface area contributed by atoms with Crippen LogP contribution in [0.2, 0.25) is 5.02 Å². The lowest BCUT2D eigenvalue weighted by atomic mass is 10.1. The Morgan fingerprint density at radius 2 is 1.90 bits per heavy atom. The normalized spacial score (nSPS) is 20.8. The van der Waals surface area contributed by atoms with Crippen LogP contribution in [-0.4, -0.2) is 36.4 Å². The Morgan fingerprint density at radius 1 is 1.10 bits per heavy atom. The topological polar surface area (TPSA) is 47.9 Å². The Morgan fingerprint density at radius 3 is 2.71 bits per heavy atom. The van der Waals surface area contributed by atoms with Crippen molar-refractivity contribution in [3.63, 3.8) is 0 Å². The number of guanidine groups is 1. The highest BCUT2D eigenvalue weighted by Crippen LogP contribution is 2.37. The van der Waals surface area contributed by atoms with E-state index in [4.69, 9.17) is 11.6 Å². The molecule has 3 aliphatic rings. The molecule has 0 saturated carbocycles. The van der Waals surface area contributed by atoms with Gasteiger partial charge in [0, 0.05) is 35.9 Å². The summed E-state index contributed by atoms with van der Waals surface area (Å²) in [6, 6.07) is 4.14. The smallest absolute Gasteiger partial charge is 0.246 e. The van der Waals surface area contributed by atoms with Gasteiger partial charge in [-0.2, -0.15) is 0 Å². The van der Waals surface area contributed by atoms with E-state index in [1.807, 2.05) is 11.0 Å². The number of rotatable bonds is 1. The van der Waals surface area contributed by atoms with Gasteiger partial charge in [-0.25, -0.2) is 4.99 Å². The molecule has 3 heterocycles. The third kappa shape index (κ3) is 2.25. The Balaban J connectivity index is 1.71. The second kappa shape index (κ2) is 4.91. The molecular weight excluding hydrogens is 288 g/mol. The Kier molecular flexibility index (Phi) is 3.03. The van der Waals surface area contributed by atoms with Crippen LogP contribution in [0.5, 0.6) is 0 Å². The fraction of sp³-hybridized carbons (Fsp3) is 0.467. The standard InChI is InChI=1S/C15H17ClN4O/c16-12-6-10(19-4-2-1-3-5-19)7-13-11(12)8-20-9-14(21)18-15(20)17-13/h6-7H,1-5,8-9H2,(H,17,18,21). The molecule has 110 valence electrons. The predicted octanol–water partition coefficient (Wildman–Crippen LogP) is 2.26. The summed E-state index contributed by atoms with van der Waals surface area (Å²) in [6.07, 6.45) is 3.76. The molecule has 0 spiro atoms. The highest BCUT2D eigenvalue weighted by atomic mass is 35.5. The minimum Gasteiger partial charge on any atom is -0.371 e. The summed E-state index contributed by atoms with van der Waals surface area (Å²) in [5.74, 6) is 0.647. The zero-order valence-corrected chi connectivity index (χ0v) is 12.5. The van der Waals surface area contributed by atoms with Gasteiger partial charge in [0.2, 0.25) is 11.9 Å². The molecule has 0 unspecified atom stereocenters. The van der Waals surface area contributed by atoms with Crippen LogP contribution in [0.3, 0.4) is 0 Å². The van der Waals surface area contributed by atoms with Gasteiger partial charge < -0.3 is 9.80 Å². The van der Waals surface area contributed by atoms with E-state index in [1.165, 1.54) is 19.3 Å². The number of fused-ring (bicyclic) bond motifs is 2. The second-order valence-corrected chi connectivity index (χ2v) is 6.22. The number of anilines is 1. The van der Waals surface area contributed by atoms with Gasteiger partial charge in [0.15, 0.2) is 0 Å². The molecule has 1 aromatic rings. The summed E-state index contributed by atoms with van der Waals surface area (Å²) in [6.45, 7) is 3.16. The number of hydrogen-bond acceptors (Lipinski definition) is 4. The van der Waals surface area contributed by atoms with Crippen LogP contribution in [-0.2, 0) is 11.3 Å². The summed E-state index contributed by atoms with van der Waals surface area (Å²) >= 11 is 6.47. The minimum absolute atomic E-state index is 0.00562. The van der Waals surface area contributed by atoms with Gasteiger partial charge in [-0.15, -0.1) is 0 Å². The largest absolute Gasteiger partial charge is 0.371 e. The zero-order valence-electron chi connectivity index (χ0n) is 11.7. The van der Waals surface area contributed by atoms with E-state index in [2.05, 4.69) is 21.3 Å². The molecule has 2 saturated heterocycles. The van der Waals surface area contributed by atoms with Crippen molar-refractivity contribution in [2.75, 3.05) is 24.5 Å². The van der Waals surface area contributed by atoms with Crippen LogP contribution in [0.15, 0.2) is 17.1 Å². The maximum absolute atomic E-state index is 11.5. The van der Waals surface area contributed by atoms with Gasteiger partial charge in [0.05, 0.1) is 5.69 Å². The van der Waals surface area contributed by atoms with Crippen LogP contribution in [0.25, 0.3) is 0 Å². The van der Waals surface area contributed by atoms with E-state index in [0.29, 0.717) is 19.0 Å². The summed E-state index contributed by atoms with van der Waals surface area (Å²) in [7, 11) is 0. The Labute approximate surface area is 128 Å². The first-order valence-corrected chi connectivity index (χ1v) is 7.79. The lowest BCUT2D eigenvalue weighted by Gasteiger charge is -2.31. The lowest BCUT2D eigenvalue weighted by molar-refractivity contribution is -0.118. The minimum atomic E-state index is -0.00562. The van der Waals surface area contributed by atoms with Gasteiger partial charge in [0.1, 0.15) is 6.54 Å². The molecule has 1 aromatic carbocycles. The number of carbonyl (C=O) groups is 1. The molecule has 0 aromatic heterocycles. The summed E-state index contributed by atoms with van der Waals surface area (Å²) in [5, 5.41) is 3.54. The van der Waals surface area contributed by atoms with Crippen molar-refractivity contribution in [1.82, 2.24) is 10.2 Å². The number of piperidine rings is 1. The lowest BCUT2D eigenvalue weighted by Crippen LogP contribution is -2.32. The molecule has 3 aliphatic heterocycles. The van der Waals surface area contributed by atoms with E-state index in [0.717, 1.165) is 35.1 Å².